The average Bonchev–Trinajstić information content (AvgIpc) is 2.94. The summed E-state index contributed by atoms with van der Waals surface area (Å²) in [5.41, 5.74) is 0.0827. The topological polar surface area (TPSA) is 46.4 Å². The van der Waals surface area contributed by atoms with E-state index in [1.54, 1.807) is 17.6 Å². The monoisotopic (exact) mass is 339 g/mol. The lowest BCUT2D eigenvalue weighted by atomic mass is 10.1. The Kier molecular flexibility index (Phi) is 3.85. The minimum Gasteiger partial charge on any atom is -0.379 e. The third-order valence-corrected chi connectivity index (χ3v) is 4.13. The number of fused-ring (bicyclic) bond motifs is 1. The van der Waals surface area contributed by atoms with Crippen LogP contribution in [0.25, 0.3) is 4.96 Å². The zero-order valence-corrected chi connectivity index (χ0v) is 12.8. The van der Waals surface area contributed by atoms with E-state index in [0.717, 1.165) is 6.07 Å². The van der Waals surface area contributed by atoms with Gasteiger partial charge in [0.05, 0.1) is 17.8 Å². The van der Waals surface area contributed by atoms with Gasteiger partial charge in [-0.05, 0) is 24.6 Å². The van der Waals surface area contributed by atoms with E-state index in [-0.39, 0.29) is 17.7 Å². The molecule has 23 heavy (non-hydrogen) atoms. The van der Waals surface area contributed by atoms with E-state index in [0.29, 0.717) is 16.3 Å². The summed E-state index contributed by atoms with van der Waals surface area (Å²) in [5, 5.41) is 4.63. The number of nitrogens with zero attached hydrogens (tertiary/aromatic N) is 2. The quantitative estimate of drug-likeness (QED) is 0.791. The molecule has 0 spiro atoms. The van der Waals surface area contributed by atoms with E-state index in [4.69, 9.17) is 0 Å². The maximum Gasteiger partial charge on any atom is 0.416 e. The summed E-state index contributed by atoms with van der Waals surface area (Å²) < 4.78 is 40.1. The first-order chi connectivity index (χ1) is 10.8. The molecule has 0 fully saturated rings. The molecule has 0 atom stereocenters. The average molecular weight is 339 g/mol. The summed E-state index contributed by atoms with van der Waals surface area (Å²) >= 11 is 1.32. The van der Waals surface area contributed by atoms with Crippen LogP contribution in [0.1, 0.15) is 16.8 Å². The molecule has 1 aromatic carbocycles. The minimum absolute atomic E-state index is 0.166. The Labute approximate surface area is 133 Å². The van der Waals surface area contributed by atoms with E-state index < -0.39 is 11.7 Å². The first kappa shape index (κ1) is 15.5. The molecular weight excluding hydrogens is 327 g/mol. The summed E-state index contributed by atoms with van der Waals surface area (Å²) in [6.07, 6.45) is -2.77. The molecule has 120 valence electrons. The second-order valence-corrected chi connectivity index (χ2v) is 5.90. The molecule has 0 aliphatic carbocycles. The van der Waals surface area contributed by atoms with Crippen LogP contribution in [0.2, 0.25) is 0 Å². The largest absolute Gasteiger partial charge is 0.416 e. The number of rotatable bonds is 3. The third kappa shape index (κ3) is 3.21. The highest BCUT2D eigenvalue weighted by molar-refractivity contribution is 7.15. The summed E-state index contributed by atoms with van der Waals surface area (Å²) in [6, 6.07) is 5.41. The molecule has 0 bridgehead atoms. The lowest BCUT2D eigenvalue weighted by Crippen LogP contribution is -2.15. The molecule has 0 saturated heterocycles. The van der Waals surface area contributed by atoms with Gasteiger partial charge in [0.2, 0.25) is 0 Å². The highest BCUT2D eigenvalue weighted by Gasteiger charge is 2.32. The molecule has 0 radical (unpaired) electrons. The fourth-order valence-electron chi connectivity index (χ4n) is 2.21. The van der Waals surface area contributed by atoms with Gasteiger partial charge in [-0.1, -0.05) is 6.07 Å². The number of aromatic nitrogens is 2. The molecule has 1 N–H and O–H groups in total. The number of hydrogen-bond acceptors (Lipinski definition) is 4. The Morgan fingerprint density at radius 3 is 2.83 bits per heavy atom. The summed E-state index contributed by atoms with van der Waals surface area (Å²) in [5.74, 6) is 0. The van der Waals surface area contributed by atoms with Crippen LogP contribution in [0.5, 0.6) is 0 Å². The maximum atomic E-state index is 12.9. The molecule has 0 unspecified atom stereocenters. The van der Waals surface area contributed by atoms with Crippen LogP contribution in [0.3, 0.4) is 0 Å². The van der Waals surface area contributed by atoms with Crippen LogP contribution in [-0.4, -0.2) is 9.38 Å². The molecule has 2 heterocycles. The van der Waals surface area contributed by atoms with Gasteiger partial charge in [-0.2, -0.15) is 13.2 Å². The van der Waals surface area contributed by atoms with Crippen molar-refractivity contribution in [2.75, 3.05) is 5.32 Å². The fraction of sp³-hybridized carbons (Fsp3) is 0.200. The SMILES string of the molecule is Cc1ccc(NCc2cc(=O)n3ccsc3n2)cc1C(F)(F)F. The van der Waals surface area contributed by atoms with Gasteiger partial charge in [-0.15, -0.1) is 11.3 Å². The summed E-state index contributed by atoms with van der Waals surface area (Å²) in [6.45, 7) is 1.59. The number of nitrogens with one attached hydrogen (secondary N) is 1. The summed E-state index contributed by atoms with van der Waals surface area (Å²) in [7, 11) is 0. The second kappa shape index (κ2) is 5.69. The molecule has 4 nitrogen and oxygen atoms in total. The van der Waals surface area contributed by atoms with Crippen LogP contribution in [0.15, 0.2) is 40.6 Å². The number of aryl methyl sites for hydroxylation is 1. The number of alkyl halides is 3. The Morgan fingerprint density at radius 1 is 1.30 bits per heavy atom. The Bertz CT molecular complexity index is 914. The number of thiazole rings is 1. The lowest BCUT2D eigenvalue weighted by molar-refractivity contribution is -0.138. The van der Waals surface area contributed by atoms with Gasteiger partial charge < -0.3 is 5.32 Å². The smallest absolute Gasteiger partial charge is 0.379 e. The molecular formula is C15H12F3N3OS. The van der Waals surface area contributed by atoms with E-state index in [1.165, 1.54) is 34.8 Å². The molecule has 0 saturated carbocycles. The highest BCUT2D eigenvalue weighted by Crippen LogP contribution is 2.33. The highest BCUT2D eigenvalue weighted by atomic mass is 32.1. The number of anilines is 1. The van der Waals surface area contributed by atoms with E-state index >= 15 is 0 Å². The zero-order chi connectivity index (χ0) is 16.6. The molecule has 8 heteroatoms. The van der Waals surface area contributed by atoms with Gasteiger partial charge in [0, 0.05) is 23.3 Å². The van der Waals surface area contributed by atoms with Gasteiger partial charge in [0.25, 0.3) is 5.56 Å². The van der Waals surface area contributed by atoms with Crippen LogP contribution in [0, 0.1) is 6.92 Å². The van der Waals surface area contributed by atoms with E-state index in [2.05, 4.69) is 10.3 Å². The minimum atomic E-state index is -4.39. The second-order valence-electron chi connectivity index (χ2n) is 5.02. The lowest BCUT2D eigenvalue weighted by Gasteiger charge is -2.13. The van der Waals surface area contributed by atoms with Crippen molar-refractivity contribution in [3.05, 3.63) is 63.0 Å². The molecule has 3 aromatic rings. The predicted molar refractivity (Wildman–Crippen MR) is 82.8 cm³/mol. The summed E-state index contributed by atoms with van der Waals surface area (Å²) in [4.78, 5) is 16.7. The molecule has 2 aromatic heterocycles. The molecule has 0 amide bonds. The van der Waals surface area contributed by atoms with Crippen molar-refractivity contribution in [1.29, 1.82) is 0 Å². The van der Waals surface area contributed by atoms with Gasteiger partial charge >= 0.3 is 6.18 Å². The zero-order valence-electron chi connectivity index (χ0n) is 12.0. The van der Waals surface area contributed by atoms with Crippen molar-refractivity contribution in [2.24, 2.45) is 0 Å². The van der Waals surface area contributed by atoms with Crippen LogP contribution >= 0.6 is 11.3 Å². The van der Waals surface area contributed by atoms with Gasteiger partial charge in [-0.25, -0.2) is 4.98 Å². The van der Waals surface area contributed by atoms with Crippen LogP contribution < -0.4 is 10.9 Å². The van der Waals surface area contributed by atoms with Crippen molar-refractivity contribution >= 4 is 22.0 Å². The van der Waals surface area contributed by atoms with Crippen molar-refractivity contribution in [1.82, 2.24) is 9.38 Å². The molecule has 0 aliphatic rings. The molecule has 3 rings (SSSR count). The predicted octanol–water partition coefficient (Wildman–Crippen LogP) is 3.70. The number of benzene rings is 1. The Hall–Kier alpha value is -2.35. The molecule has 0 aliphatic heterocycles. The van der Waals surface area contributed by atoms with Crippen molar-refractivity contribution < 1.29 is 13.2 Å². The first-order valence-corrected chi connectivity index (χ1v) is 7.60. The van der Waals surface area contributed by atoms with E-state index in [9.17, 15) is 18.0 Å². The number of hydrogen-bond donors (Lipinski definition) is 1. The van der Waals surface area contributed by atoms with Crippen molar-refractivity contribution in [3.8, 4) is 0 Å². The van der Waals surface area contributed by atoms with Gasteiger partial charge in [0.1, 0.15) is 0 Å². The fourth-order valence-corrected chi connectivity index (χ4v) is 2.95. The van der Waals surface area contributed by atoms with Gasteiger partial charge in [-0.3, -0.25) is 9.20 Å². The third-order valence-electron chi connectivity index (χ3n) is 3.37. The standard InChI is InChI=1S/C15H12F3N3OS/c1-9-2-3-10(6-12(9)15(16,17)18)19-8-11-7-13(22)21-4-5-23-14(21)20-11/h2-7,19H,8H2,1H3. The number of halogens is 3. The van der Waals surface area contributed by atoms with Gasteiger partial charge in [0.15, 0.2) is 4.96 Å². The van der Waals surface area contributed by atoms with Crippen molar-refractivity contribution in [3.63, 3.8) is 0 Å². The maximum absolute atomic E-state index is 12.9. The Balaban J connectivity index is 1.83. The van der Waals surface area contributed by atoms with Crippen molar-refractivity contribution in [2.45, 2.75) is 19.6 Å². The first-order valence-electron chi connectivity index (χ1n) is 6.72. The Morgan fingerprint density at radius 2 is 2.09 bits per heavy atom. The van der Waals surface area contributed by atoms with Crippen LogP contribution in [-0.2, 0) is 12.7 Å². The van der Waals surface area contributed by atoms with Crippen LogP contribution in [0.4, 0.5) is 18.9 Å². The normalized spacial score (nSPS) is 11.8. The van der Waals surface area contributed by atoms with E-state index in [1.807, 2.05) is 0 Å².